The second-order valence-corrected chi connectivity index (χ2v) is 5.81. The van der Waals surface area contributed by atoms with Crippen LogP contribution in [-0.4, -0.2) is 0 Å². The van der Waals surface area contributed by atoms with Gasteiger partial charge in [-0.15, -0.1) is 0 Å². The van der Waals surface area contributed by atoms with E-state index in [2.05, 4.69) is 68.9 Å². The van der Waals surface area contributed by atoms with Crippen LogP contribution in [0.4, 0.5) is 0 Å². The van der Waals surface area contributed by atoms with Gasteiger partial charge in [0, 0.05) is 8.04 Å². The molecule has 0 N–H and O–H groups in total. The molecule has 2 rings (SSSR count). The van der Waals surface area contributed by atoms with Gasteiger partial charge in [0.1, 0.15) is 0 Å². The molecule has 0 saturated carbocycles. The minimum absolute atomic E-state index is 0.632. The fourth-order valence-corrected chi connectivity index (χ4v) is 2.23. The molecule has 2 aromatic rings. The molecular formula is C14H12BrIO. The van der Waals surface area contributed by atoms with E-state index >= 15 is 0 Å². The Morgan fingerprint density at radius 3 is 2.35 bits per heavy atom. The van der Waals surface area contributed by atoms with Crippen LogP contribution < -0.4 is 0 Å². The van der Waals surface area contributed by atoms with Crippen LogP contribution in [0.2, 0.25) is 0 Å². The van der Waals surface area contributed by atoms with Gasteiger partial charge in [0.05, 0.1) is 13.2 Å². The maximum Gasteiger partial charge on any atom is 0.0732 e. The van der Waals surface area contributed by atoms with Crippen molar-refractivity contribution < 1.29 is 4.74 Å². The quantitative estimate of drug-likeness (QED) is 0.669. The Morgan fingerprint density at radius 2 is 1.65 bits per heavy atom. The van der Waals surface area contributed by atoms with E-state index in [4.69, 9.17) is 4.74 Å². The lowest BCUT2D eigenvalue weighted by atomic mass is 10.2. The molecule has 17 heavy (non-hydrogen) atoms. The first-order valence-electron chi connectivity index (χ1n) is 5.31. The second kappa shape index (κ2) is 6.52. The van der Waals surface area contributed by atoms with E-state index in [1.807, 2.05) is 18.2 Å². The van der Waals surface area contributed by atoms with Crippen molar-refractivity contribution in [3.8, 4) is 0 Å². The summed E-state index contributed by atoms with van der Waals surface area (Å²) in [5.74, 6) is 0. The summed E-state index contributed by atoms with van der Waals surface area (Å²) in [6.45, 7) is 1.28. The van der Waals surface area contributed by atoms with Crippen LogP contribution in [0, 0.1) is 3.57 Å². The highest BCUT2D eigenvalue weighted by atomic mass is 127. The third-order valence-corrected chi connectivity index (χ3v) is 3.89. The largest absolute Gasteiger partial charge is 0.372 e. The van der Waals surface area contributed by atoms with Crippen molar-refractivity contribution in [1.29, 1.82) is 0 Å². The van der Waals surface area contributed by atoms with Gasteiger partial charge in [-0.3, -0.25) is 0 Å². The van der Waals surface area contributed by atoms with Gasteiger partial charge in [-0.2, -0.15) is 0 Å². The summed E-state index contributed by atoms with van der Waals surface area (Å²) in [6, 6.07) is 16.5. The summed E-state index contributed by atoms with van der Waals surface area (Å²) >= 11 is 5.81. The summed E-state index contributed by atoms with van der Waals surface area (Å²) in [5, 5.41) is 0. The molecule has 88 valence electrons. The van der Waals surface area contributed by atoms with Crippen LogP contribution in [0.3, 0.4) is 0 Å². The van der Waals surface area contributed by atoms with E-state index in [-0.39, 0.29) is 0 Å². The molecule has 0 aliphatic rings. The van der Waals surface area contributed by atoms with Crippen LogP contribution in [0.15, 0.2) is 53.0 Å². The lowest BCUT2D eigenvalue weighted by Crippen LogP contribution is -1.94. The first-order chi connectivity index (χ1) is 8.25. The fraction of sp³-hybridized carbons (Fsp3) is 0.143. The van der Waals surface area contributed by atoms with Crippen molar-refractivity contribution in [3.63, 3.8) is 0 Å². The van der Waals surface area contributed by atoms with Crippen molar-refractivity contribution >= 4 is 38.5 Å². The van der Waals surface area contributed by atoms with Crippen LogP contribution in [0.25, 0.3) is 0 Å². The molecule has 0 bridgehead atoms. The molecular weight excluding hydrogens is 391 g/mol. The highest BCUT2D eigenvalue weighted by Gasteiger charge is 1.99. The molecule has 0 aliphatic carbocycles. The van der Waals surface area contributed by atoms with Crippen LogP contribution in [0.1, 0.15) is 11.1 Å². The van der Waals surface area contributed by atoms with Crippen LogP contribution in [0.5, 0.6) is 0 Å². The Labute approximate surface area is 123 Å². The van der Waals surface area contributed by atoms with Crippen LogP contribution >= 0.6 is 38.5 Å². The minimum Gasteiger partial charge on any atom is -0.372 e. The second-order valence-electron chi connectivity index (χ2n) is 3.71. The molecule has 0 unspecified atom stereocenters. The molecule has 2 aromatic carbocycles. The molecule has 0 spiro atoms. The molecule has 0 aromatic heterocycles. The maximum absolute atomic E-state index is 5.69. The van der Waals surface area contributed by atoms with E-state index in [0.717, 1.165) is 4.47 Å². The lowest BCUT2D eigenvalue weighted by Gasteiger charge is -2.06. The zero-order chi connectivity index (χ0) is 12.1. The molecule has 0 heterocycles. The molecule has 0 radical (unpaired) electrons. The van der Waals surface area contributed by atoms with E-state index in [1.54, 1.807) is 0 Å². The number of hydrogen-bond acceptors (Lipinski definition) is 1. The van der Waals surface area contributed by atoms with Crippen LogP contribution in [-0.2, 0) is 18.0 Å². The normalized spacial score (nSPS) is 10.5. The standard InChI is InChI=1S/C14H12BrIO/c15-14-4-2-1-3-12(14)10-17-9-11-5-7-13(16)8-6-11/h1-8H,9-10H2. The smallest absolute Gasteiger partial charge is 0.0732 e. The van der Waals surface area contributed by atoms with E-state index in [0.29, 0.717) is 13.2 Å². The maximum atomic E-state index is 5.69. The SMILES string of the molecule is Brc1ccccc1COCc1ccc(I)cc1. The third kappa shape index (κ3) is 4.08. The number of halogens is 2. The number of rotatable bonds is 4. The molecule has 1 nitrogen and oxygen atoms in total. The topological polar surface area (TPSA) is 9.23 Å². The van der Waals surface area contributed by atoms with E-state index in [9.17, 15) is 0 Å². The molecule has 0 amide bonds. The Balaban J connectivity index is 1.88. The highest BCUT2D eigenvalue weighted by molar-refractivity contribution is 14.1. The zero-order valence-electron chi connectivity index (χ0n) is 9.20. The molecule has 0 saturated heterocycles. The van der Waals surface area contributed by atoms with Gasteiger partial charge in [-0.1, -0.05) is 46.3 Å². The van der Waals surface area contributed by atoms with Gasteiger partial charge in [0.25, 0.3) is 0 Å². The van der Waals surface area contributed by atoms with Crippen molar-refractivity contribution in [2.24, 2.45) is 0 Å². The first-order valence-corrected chi connectivity index (χ1v) is 7.18. The highest BCUT2D eigenvalue weighted by Crippen LogP contribution is 2.17. The Kier molecular flexibility index (Phi) is 5.00. The Hall–Kier alpha value is -0.390. The minimum atomic E-state index is 0.632. The molecule has 0 fully saturated rings. The summed E-state index contributed by atoms with van der Waals surface area (Å²) in [7, 11) is 0. The lowest BCUT2D eigenvalue weighted by molar-refractivity contribution is 0.107. The van der Waals surface area contributed by atoms with Gasteiger partial charge >= 0.3 is 0 Å². The summed E-state index contributed by atoms with van der Waals surface area (Å²) in [4.78, 5) is 0. The van der Waals surface area contributed by atoms with Crippen molar-refractivity contribution in [3.05, 3.63) is 67.7 Å². The summed E-state index contributed by atoms with van der Waals surface area (Å²) in [5.41, 5.74) is 2.38. The predicted molar refractivity (Wildman–Crippen MR) is 81.8 cm³/mol. The zero-order valence-corrected chi connectivity index (χ0v) is 12.9. The third-order valence-electron chi connectivity index (χ3n) is 2.40. The van der Waals surface area contributed by atoms with Crippen molar-refractivity contribution in [1.82, 2.24) is 0 Å². The van der Waals surface area contributed by atoms with Gasteiger partial charge in [-0.05, 0) is 51.9 Å². The average Bonchev–Trinajstić information content (AvgIpc) is 2.34. The molecule has 3 heteroatoms. The summed E-state index contributed by atoms with van der Waals surface area (Å²) < 4.78 is 8.04. The van der Waals surface area contributed by atoms with Gasteiger partial charge < -0.3 is 4.74 Å². The van der Waals surface area contributed by atoms with Crippen molar-refractivity contribution in [2.75, 3.05) is 0 Å². The van der Waals surface area contributed by atoms with Crippen molar-refractivity contribution in [2.45, 2.75) is 13.2 Å². The van der Waals surface area contributed by atoms with Gasteiger partial charge in [-0.25, -0.2) is 0 Å². The average molecular weight is 403 g/mol. The number of ether oxygens (including phenoxy) is 1. The number of hydrogen-bond donors (Lipinski definition) is 0. The molecule has 0 aliphatic heterocycles. The monoisotopic (exact) mass is 402 g/mol. The van der Waals surface area contributed by atoms with Gasteiger partial charge in [0.15, 0.2) is 0 Å². The van der Waals surface area contributed by atoms with Gasteiger partial charge in [0.2, 0.25) is 0 Å². The summed E-state index contributed by atoms with van der Waals surface area (Å²) in [6.07, 6.45) is 0. The van der Waals surface area contributed by atoms with E-state index in [1.165, 1.54) is 14.7 Å². The molecule has 0 atom stereocenters. The fourth-order valence-electron chi connectivity index (χ4n) is 1.47. The first kappa shape index (κ1) is 13.1. The Morgan fingerprint density at radius 1 is 0.941 bits per heavy atom. The van der Waals surface area contributed by atoms with E-state index < -0.39 is 0 Å². The number of benzene rings is 2. The Bertz CT molecular complexity index is 482. The predicted octanol–water partition coefficient (Wildman–Crippen LogP) is 4.77.